The van der Waals surface area contributed by atoms with Gasteiger partial charge in [-0.3, -0.25) is 10.4 Å². The smallest absolute Gasteiger partial charge is 0.324 e. The molecule has 12 heteroatoms. The van der Waals surface area contributed by atoms with Gasteiger partial charge in [-0.15, -0.1) is 0 Å². The Morgan fingerprint density at radius 3 is 2.65 bits per heavy atom. The number of unbranched alkanes of at least 4 members (excludes halogenated alkanes) is 1. The van der Waals surface area contributed by atoms with Gasteiger partial charge < -0.3 is 15.4 Å². The number of hydrogen-bond acceptors (Lipinski definition) is 7. The molecule has 0 unspecified atom stereocenters. The molecule has 11 nitrogen and oxygen atoms in total. The number of nitrogens with one attached hydrogen (secondary N) is 4. The molecule has 3 heterocycles. The minimum Gasteiger partial charge on any atom is -0.438 e. The first kappa shape index (κ1) is 30.7. The van der Waals surface area contributed by atoms with E-state index < -0.39 is 0 Å². The van der Waals surface area contributed by atoms with Crippen molar-refractivity contribution in [3.63, 3.8) is 0 Å². The quantitative estimate of drug-likeness (QED) is 0.115. The largest absolute Gasteiger partial charge is 0.438 e. The van der Waals surface area contributed by atoms with Crippen LogP contribution in [0.3, 0.4) is 0 Å². The van der Waals surface area contributed by atoms with Crippen LogP contribution in [0.25, 0.3) is 27.4 Å². The van der Waals surface area contributed by atoms with Gasteiger partial charge >= 0.3 is 6.03 Å². The van der Waals surface area contributed by atoms with E-state index in [-0.39, 0.29) is 6.03 Å². The Kier molecular flexibility index (Phi) is 8.59. The molecule has 0 bridgehead atoms. The molecule has 2 amide bonds. The third-order valence-corrected chi connectivity index (χ3v) is 8.10. The number of aromatic amines is 1. The highest BCUT2D eigenvalue weighted by atomic mass is 35.5. The first-order chi connectivity index (χ1) is 23.4. The van der Waals surface area contributed by atoms with Crippen molar-refractivity contribution in [3.8, 4) is 17.3 Å². The van der Waals surface area contributed by atoms with Crippen molar-refractivity contribution < 1.29 is 9.53 Å². The number of nitrogens with zero attached hydrogens (tertiary/aromatic N) is 5. The summed E-state index contributed by atoms with van der Waals surface area (Å²) in [6.07, 6.45) is 6.21. The molecule has 0 spiro atoms. The molecule has 4 N–H and O–H groups in total. The minimum absolute atomic E-state index is 0.341. The van der Waals surface area contributed by atoms with Crippen molar-refractivity contribution >= 4 is 62.4 Å². The number of carbonyl (C=O) groups is 1. The Morgan fingerprint density at radius 1 is 0.979 bits per heavy atom. The zero-order valence-corrected chi connectivity index (χ0v) is 27.0. The number of amides is 2. The standard InChI is InChI=1S/C36H32ClN9O2/c1-3-4-7-24-20-32(46(45-24)26-12-10-22(2)11-13-26)42-36(47)41-30-14-15-31(28-9-6-5-8-27(28)30)48-33-16-17-38-35(43-33)40-25-18-23-21-39-44-34(23)29(37)19-25/h5-6,8-21H,3-4,7H2,1-2H3,(H,39,44)(H,38,40,43)(H2,41,42,47). The fraction of sp³-hybridized carbons (Fsp3) is 0.139. The van der Waals surface area contributed by atoms with Gasteiger partial charge in [-0.1, -0.05) is 66.9 Å². The van der Waals surface area contributed by atoms with Crippen molar-refractivity contribution in [2.75, 3.05) is 16.0 Å². The SMILES string of the molecule is CCCCc1cc(NC(=O)Nc2ccc(Oc3ccnc(Nc4cc(Cl)c5[nH]ncc5c4)n3)c3ccccc23)n(-c2ccc(C)cc2)n1. The molecular formula is C36H32ClN9O2. The lowest BCUT2D eigenvalue weighted by Gasteiger charge is -2.14. The molecule has 0 aliphatic rings. The second kappa shape index (κ2) is 13.4. The highest BCUT2D eigenvalue weighted by Crippen LogP contribution is 2.35. The molecule has 0 fully saturated rings. The van der Waals surface area contributed by atoms with Crippen LogP contribution in [0.2, 0.25) is 5.02 Å². The van der Waals surface area contributed by atoms with Gasteiger partial charge in [-0.2, -0.15) is 15.2 Å². The van der Waals surface area contributed by atoms with E-state index in [0.717, 1.165) is 57.9 Å². The van der Waals surface area contributed by atoms with Crippen LogP contribution in [0.1, 0.15) is 31.0 Å². The molecule has 0 saturated heterocycles. The van der Waals surface area contributed by atoms with Gasteiger partial charge in [0.05, 0.1) is 33.8 Å². The summed E-state index contributed by atoms with van der Waals surface area (Å²) in [6, 6.07) is 26.2. The summed E-state index contributed by atoms with van der Waals surface area (Å²) >= 11 is 6.39. The lowest BCUT2D eigenvalue weighted by molar-refractivity contribution is 0.262. The monoisotopic (exact) mass is 657 g/mol. The van der Waals surface area contributed by atoms with E-state index in [2.05, 4.69) is 43.0 Å². The highest BCUT2D eigenvalue weighted by molar-refractivity contribution is 6.35. The Bertz CT molecular complexity index is 2250. The van der Waals surface area contributed by atoms with E-state index in [1.165, 1.54) is 0 Å². The van der Waals surface area contributed by atoms with Crippen LogP contribution in [0.15, 0.2) is 97.3 Å². The number of rotatable bonds is 10. The van der Waals surface area contributed by atoms with Gasteiger partial charge in [0.15, 0.2) is 0 Å². The number of hydrogen-bond donors (Lipinski definition) is 4. The van der Waals surface area contributed by atoms with Crippen molar-refractivity contribution in [3.05, 3.63) is 114 Å². The minimum atomic E-state index is -0.385. The Balaban J connectivity index is 1.10. The van der Waals surface area contributed by atoms with Crippen LogP contribution in [0, 0.1) is 6.92 Å². The summed E-state index contributed by atoms with van der Waals surface area (Å²) in [5, 5.41) is 23.9. The van der Waals surface area contributed by atoms with Crippen LogP contribution in [-0.2, 0) is 6.42 Å². The number of benzene rings is 4. The number of carbonyl (C=O) groups excluding carboxylic acids is 1. The van der Waals surface area contributed by atoms with Crippen molar-refractivity contribution in [2.24, 2.45) is 0 Å². The lowest BCUT2D eigenvalue weighted by Crippen LogP contribution is -2.21. The van der Waals surface area contributed by atoms with Gasteiger partial charge in [0.1, 0.15) is 11.6 Å². The number of aromatic nitrogens is 6. The van der Waals surface area contributed by atoms with Gasteiger partial charge in [0.25, 0.3) is 0 Å². The van der Waals surface area contributed by atoms with Crippen LogP contribution in [0.5, 0.6) is 11.6 Å². The van der Waals surface area contributed by atoms with Crippen LogP contribution in [0.4, 0.5) is 27.9 Å². The molecule has 240 valence electrons. The number of anilines is 4. The third kappa shape index (κ3) is 6.62. The summed E-state index contributed by atoms with van der Waals surface area (Å²) < 4.78 is 8.02. The molecule has 48 heavy (non-hydrogen) atoms. The average molecular weight is 658 g/mol. The highest BCUT2D eigenvalue weighted by Gasteiger charge is 2.16. The zero-order chi connectivity index (χ0) is 33.0. The summed E-state index contributed by atoms with van der Waals surface area (Å²) in [5.41, 5.74) is 5.04. The number of urea groups is 1. The van der Waals surface area contributed by atoms with Crippen molar-refractivity contribution in [2.45, 2.75) is 33.1 Å². The normalized spacial score (nSPS) is 11.1. The van der Waals surface area contributed by atoms with E-state index in [1.807, 2.05) is 73.7 Å². The lowest BCUT2D eigenvalue weighted by atomic mass is 10.1. The summed E-state index contributed by atoms with van der Waals surface area (Å²) in [5.74, 6) is 1.84. The number of ether oxygens (including phenoxy) is 1. The fourth-order valence-corrected chi connectivity index (χ4v) is 5.68. The second-order valence-corrected chi connectivity index (χ2v) is 11.8. The number of fused-ring (bicyclic) bond motifs is 2. The van der Waals surface area contributed by atoms with E-state index in [9.17, 15) is 4.79 Å². The van der Waals surface area contributed by atoms with E-state index in [0.29, 0.717) is 39.8 Å². The summed E-state index contributed by atoms with van der Waals surface area (Å²) in [6.45, 7) is 4.18. The molecule has 4 aromatic carbocycles. The third-order valence-electron chi connectivity index (χ3n) is 7.80. The first-order valence-electron chi connectivity index (χ1n) is 15.6. The van der Waals surface area contributed by atoms with E-state index >= 15 is 0 Å². The molecule has 7 rings (SSSR count). The Labute approximate surface area is 281 Å². The molecule has 0 saturated carbocycles. The van der Waals surface area contributed by atoms with E-state index in [4.69, 9.17) is 21.4 Å². The molecular weight excluding hydrogens is 626 g/mol. The molecule has 7 aromatic rings. The summed E-state index contributed by atoms with van der Waals surface area (Å²) in [7, 11) is 0. The molecule has 0 aliphatic heterocycles. The first-order valence-corrected chi connectivity index (χ1v) is 16.0. The topological polar surface area (TPSA) is 135 Å². The Morgan fingerprint density at radius 2 is 1.81 bits per heavy atom. The van der Waals surface area contributed by atoms with Gasteiger partial charge in [0, 0.05) is 40.2 Å². The number of H-pyrrole nitrogens is 1. The van der Waals surface area contributed by atoms with Gasteiger partial charge in [-0.25, -0.2) is 14.5 Å². The number of aryl methyl sites for hydroxylation is 2. The van der Waals surface area contributed by atoms with Crippen LogP contribution < -0.4 is 20.7 Å². The molecule has 0 radical (unpaired) electrons. The van der Waals surface area contributed by atoms with Crippen molar-refractivity contribution in [1.82, 2.24) is 29.9 Å². The van der Waals surface area contributed by atoms with Crippen LogP contribution >= 0.6 is 11.6 Å². The Hall–Kier alpha value is -5.94. The summed E-state index contributed by atoms with van der Waals surface area (Å²) in [4.78, 5) is 22.3. The maximum absolute atomic E-state index is 13.4. The predicted octanol–water partition coefficient (Wildman–Crippen LogP) is 9.18. The van der Waals surface area contributed by atoms with E-state index in [1.54, 1.807) is 35.3 Å². The van der Waals surface area contributed by atoms with Gasteiger partial charge in [-0.05, 0) is 56.2 Å². The average Bonchev–Trinajstić information content (AvgIpc) is 3.73. The van der Waals surface area contributed by atoms with Gasteiger partial charge in [0.2, 0.25) is 11.8 Å². The molecule has 0 aliphatic carbocycles. The maximum Gasteiger partial charge on any atom is 0.324 e. The van der Waals surface area contributed by atoms with Crippen molar-refractivity contribution in [1.29, 1.82) is 0 Å². The predicted molar refractivity (Wildman–Crippen MR) is 190 cm³/mol. The van der Waals surface area contributed by atoms with Crippen LogP contribution in [-0.4, -0.2) is 36.0 Å². The maximum atomic E-state index is 13.4. The number of halogens is 1. The molecule has 0 atom stereocenters. The zero-order valence-electron chi connectivity index (χ0n) is 26.3. The fourth-order valence-electron chi connectivity index (χ4n) is 5.41. The second-order valence-electron chi connectivity index (χ2n) is 11.3. The molecule has 3 aromatic heterocycles.